The largest absolute Gasteiger partial charge is 0.396 e. The molecule has 0 unspecified atom stereocenters. The molecule has 0 amide bonds. The lowest BCUT2D eigenvalue weighted by Crippen LogP contribution is -1.77. The van der Waals surface area contributed by atoms with Gasteiger partial charge in [0.2, 0.25) is 0 Å². The van der Waals surface area contributed by atoms with Crippen LogP contribution in [0, 0.1) is 0 Å². The van der Waals surface area contributed by atoms with Crippen molar-refractivity contribution in [1.82, 2.24) is 0 Å². The fraction of sp³-hybridized carbons (Fsp3) is 0.818. The minimum absolute atomic E-state index is 0.284. The minimum atomic E-state index is 0.284. The van der Waals surface area contributed by atoms with E-state index < -0.39 is 0 Å². The first-order valence-corrected chi connectivity index (χ1v) is 5.17. The molecule has 0 aromatic carbocycles. The number of hydrogen-bond acceptors (Lipinski definition) is 1. The van der Waals surface area contributed by atoms with Crippen molar-refractivity contribution >= 4 is 0 Å². The molecule has 0 heterocycles. The van der Waals surface area contributed by atoms with Crippen LogP contribution in [0.1, 0.15) is 51.9 Å². The van der Waals surface area contributed by atoms with Gasteiger partial charge in [0.15, 0.2) is 0 Å². The Morgan fingerprint density at radius 2 is 1.58 bits per heavy atom. The number of hydrogen-bond donors (Lipinski definition) is 1. The normalized spacial score (nSPS) is 11.2. The van der Waals surface area contributed by atoms with Crippen molar-refractivity contribution in [2.75, 3.05) is 6.61 Å². The highest BCUT2D eigenvalue weighted by molar-refractivity contribution is 4.80. The third kappa shape index (κ3) is 9.70. The molecule has 1 nitrogen and oxygen atoms in total. The molecule has 0 aliphatic heterocycles. The van der Waals surface area contributed by atoms with Crippen molar-refractivity contribution in [3.8, 4) is 0 Å². The second-order valence-electron chi connectivity index (χ2n) is 3.19. The zero-order valence-corrected chi connectivity index (χ0v) is 8.26. The van der Waals surface area contributed by atoms with Crippen LogP contribution in [0.5, 0.6) is 0 Å². The van der Waals surface area contributed by atoms with Gasteiger partial charge in [0.1, 0.15) is 0 Å². The standard InChI is InChI=1S/C11H22O/c1-2-3-4-5-6-7-8-9-10-11-12/h8-9,12H,2-7,10-11H2,1H3. The number of allylic oxidation sites excluding steroid dienone is 1. The van der Waals surface area contributed by atoms with E-state index in [2.05, 4.69) is 19.1 Å². The van der Waals surface area contributed by atoms with E-state index in [-0.39, 0.29) is 6.61 Å². The summed E-state index contributed by atoms with van der Waals surface area (Å²) in [6, 6.07) is 0. The molecule has 0 aromatic rings. The second-order valence-corrected chi connectivity index (χ2v) is 3.19. The highest BCUT2D eigenvalue weighted by Gasteiger charge is 1.85. The summed E-state index contributed by atoms with van der Waals surface area (Å²) in [4.78, 5) is 0. The summed E-state index contributed by atoms with van der Waals surface area (Å²) in [5.74, 6) is 0. The van der Waals surface area contributed by atoms with Crippen LogP contribution in [-0.2, 0) is 0 Å². The van der Waals surface area contributed by atoms with E-state index in [4.69, 9.17) is 5.11 Å². The first-order chi connectivity index (χ1) is 5.91. The van der Waals surface area contributed by atoms with E-state index in [1.54, 1.807) is 0 Å². The van der Waals surface area contributed by atoms with Crippen LogP contribution in [0.25, 0.3) is 0 Å². The lowest BCUT2D eigenvalue weighted by Gasteiger charge is -1.95. The summed E-state index contributed by atoms with van der Waals surface area (Å²) in [6.45, 7) is 2.52. The first-order valence-electron chi connectivity index (χ1n) is 5.17. The summed E-state index contributed by atoms with van der Waals surface area (Å²) >= 11 is 0. The molecule has 0 spiro atoms. The maximum atomic E-state index is 8.49. The highest BCUT2D eigenvalue weighted by atomic mass is 16.2. The fourth-order valence-electron chi connectivity index (χ4n) is 1.18. The van der Waals surface area contributed by atoms with Crippen LogP contribution in [0.15, 0.2) is 12.2 Å². The average Bonchev–Trinajstić information content (AvgIpc) is 2.10. The average molecular weight is 170 g/mol. The third-order valence-corrected chi connectivity index (χ3v) is 1.94. The van der Waals surface area contributed by atoms with Crippen LogP contribution < -0.4 is 0 Å². The molecule has 0 aliphatic carbocycles. The summed E-state index contributed by atoms with van der Waals surface area (Å²) in [5.41, 5.74) is 0. The van der Waals surface area contributed by atoms with Gasteiger partial charge in [-0.15, -0.1) is 0 Å². The molecule has 1 N–H and O–H groups in total. The molecule has 1 heteroatoms. The zero-order valence-electron chi connectivity index (χ0n) is 8.26. The number of rotatable bonds is 8. The predicted molar refractivity (Wildman–Crippen MR) is 54.2 cm³/mol. The van der Waals surface area contributed by atoms with Gasteiger partial charge in [0.25, 0.3) is 0 Å². The quantitative estimate of drug-likeness (QED) is 0.438. The Kier molecular flexibility index (Phi) is 10.4. The molecule has 0 saturated carbocycles. The lowest BCUT2D eigenvalue weighted by molar-refractivity contribution is 0.302. The monoisotopic (exact) mass is 170 g/mol. The van der Waals surface area contributed by atoms with Crippen LogP contribution in [-0.4, -0.2) is 11.7 Å². The Morgan fingerprint density at radius 3 is 2.25 bits per heavy atom. The molecule has 0 saturated heterocycles. The molecular formula is C11H22O. The van der Waals surface area contributed by atoms with Crippen molar-refractivity contribution in [2.45, 2.75) is 51.9 Å². The maximum absolute atomic E-state index is 8.49. The van der Waals surface area contributed by atoms with E-state index in [1.165, 1.54) is 38.5 Å². The molecule has 0 atom stereocenters. The number of aliphatic hydroxyl groups excluding tert-OH is 1. The van der Waals surface area contributed by atoms with Gasteiger partial charge in [-0.05, 0) is 19.3 Å². The Bertz CT molecular complexity index is 97.2. The van der Waals surface area contributed by atoms with Crippen LogP contribution in [0.2, 0.25) is 0 Å². The Labute approximate surface area is 76.5 Å². The molecule has 0 radical (unpaired) electrons. The van der Waals surface area contributed by atoms with E-state index in [1.807, 2.05) is 0 Å². The predicted octanol–water partition coefficient (Wildman–Crippen LogP) is 3.29. The summed E-state index contributed by atoms with van der Waals surface area (Å²) in [6.07, 6.45) is 13.0. The van der Waals surface area contributed by atoms with E-state index >= 15 is 0 Å². The van der Waals surface area contributed by atoms with Crippen molar-refractivity contribution in [3.05, 3.63) is 12.2 Å². The van der Waals surface area contributed by atoms with Gasteiger partial charge >= 0.3 is 0 Å². The lowest BCUT2D eigenvalue weighted by atomic mass is 10.1. The van der Waals surface area contributed by atoms with Crippen LogP contribution >= 0.6 is 0 Å². The summed E-state index contributed by atoms with van der Waals surface area (Å²) in [5, 5.41) is 8.49. The zero-order chi connectivity index (χ0) is 9.07. The minimum Gasteiger partial charge on any atom is -0.396 e. The second kappa shape index (κ2) is 10.7. The topological polar surface area (TPSA) is 20.2 Å². The third-order valence-electron chi connectivity index (χ3n) is 1.94. The van der Waals surface area contributed by atoms with E-state index in [0.29, 0.717) is 0 Å². The smallest absolute Gasteiger partial charge is 0.0465 e. The molecule has 0 aliphatic rings. The van der Waals surface area contributed by atoms with Crippen LogP contribution in [0.3, 0.4) is 0 Å². The summed E-state index contributed by atoms with van der Waals surface area (Å²) < 4.78 is 0. The van der Waals surface area contributed by atoms with Crippen molar-refractivity contribution < 1.29 is 5.11 Å². The van der Waals surface area contributed by atoms with Gasteiger partial charge < -0.3 is 5.11 Å². The Balaban J connectivity index is 2.90. The number of aliphatic hydroxyl groups is 1. The van der Waals surface area contributed by atoms with Gasteiger partial charge in [-0.2, -0.15) is 0 Å². The molecule has 72 valence electrons. The highest BCUT2D eigenvalue weighted by Crippen LogP contribution is 2.05. The van der Waals surface area contributed by atoms with E-state index in [9.17, 15) is 0 Å². The first kappa shape index (κ1) is 11.7. The Hall–Kier alpha value is -0.300. The number of unbranched alkanes of at least 4 members (excludes halogenated alkanes) is 5. The molecule has 0 fully saturated rings. The van der Waals surface area contributed by atoms with Gasteiger partial charge in [-0.25, -0.2) is 0 Å². The van der Waals surface area contributed by atoms with Gasteiger partial charge in [-0.3, -0.25) is 0 Å². The summed E-state index contributed by atoms with van der Waals surface area (Å²) in [7, 11) is 0. The Morgan fingerprint density at radius 1 is 0.917 bits per heavy atom. The van der Waals surface area contributed by atoms with E-state index in [0.717, 1.165) is 6.42 Å². The maximum Gasteiger partial charge on any atom is 0.0465 e. The van der Waals surface area contributed by atoms with Crippen molar-refractivity contribution in [2.24, 2.45) is 0 Å². The van der Waals surface area contributed by atoms with Gasteiger partial charge in [0, 0.05) is 6.61 Å². The SMILES string of the molecule is CCCCCCCC=CCCO. The molecule has 12 heavy (non-hydrogen) atoms. The molecule has 0 bridgehead atoms. The van der Waals surface area contributed by atoms with Gasteiger partial charge in [0.05, 0.1) is 0 Å². The molecule has 0 rings (SSSR count). The van der Waals surface area contributed by atoms with Gasteiger partial charge in [-0.1, -0.05) is 44.8 Å². The van der Waals surface area contributed by atoms with Crippen molar-refractivity contribution in [3.63, 3.8) is 0 Å². The fourth-order valence-corrected chi connectivity index (χ4v) is 1.18. The van der Waals surface area contributed by atoms with Crippen LogP contribution in [0.4, 0.5) is 0 Å². The molecular weight excluding hydrogens is 148 g/mol. The van der Waals surface area contributed by atoms with Crippen molar-refractivity contribution in [1.29, 1.82) is 0 Å². The molecule has 0 aromatic heterocycles.